The Hall–Kier alpha value is -1.36. The smallest absolute Gasteiger partial charge is 0.313 e. The lowest BCUT2D eigenvalue weighted by atomic mass is 9.62. The summed E-state index contributed by atoms with van der Waals surface area (Å²) in [6.07, 6.45) is 3.92. The van der Waals surface area contributed by atoms with Crippen molar-refractivity contribution in [3.63, 3.8) is 0 Å². The van der Waals surface area contributed by atoms with Crippen molar-refractivity contribution < 1.29 is 23.8 Å². The van der Waals surface area contributed by atoms with Gasteiger partial charge in [0, 0.05) is 13.0 Å². The average Bonchev–Trinajstić information content (AvgIpc) is 2.62. The summed E-state index contributed by atoms with van der Waals surface area (Å²) < 4.78 is 14.9. The van der Waals surface area contributed by atoms with E-state index in [1.165, 1.54) is 7.11 Å². The predicted octanol–water partition coefficient (Wildman–Crippen LogP) is 1.13. The van der Waals surface area contributed by atoms with Gasteiger partial charge in [0.1, 0.15) is 0 Å². The number of carbonyl (C=O) groups is 2. The van der Waals surface area contributed by atoms with Crippen LogP contribution in [0.4, 0.5) is 0 Å². The van der Waals surface area contributed by atoms with Gasteiger partial charge in [-0.1, -0.05) is 19.1 Å². The number of ether oxygens (including phenoxy) is 3. The standard InChI is InChI=1S/C13H18O5/c1-8-4-5-9-6-17-12(15)13(9,2)10(8)11(14)18-7-16-3/h4-5,8-10H,6-7H2,1-3H3/t8-,9-,10-,13-/m1/s1. The Labute approximate surface area is 106 Å². The summed E-state index contributed by atoms with van der Waals surface area (Å²) >= 11 is 0. The third-order valence-corrected chi connectivity index (χ3v) is 4.00. The van der Waals surface area contributed by atoms with E-state index >= 15 is 0 Å². The summed E-state index contributed by atoms with van der Waals surface area (Å²) in [5.41, 5.74) is -0.820. The first-order valence-corrected chi connectivity index (χ1v) is 6.03. The van der Waals surface area contributed by atoms with Gasteiger partial charge in [-0.3, -0.25) is 9.59 Å². The zero-order chi connectivity index (χ0) is 13.3. The lowest BCUT2D eigenvalue weighted by Gasteiger charge is -2.38. The molecule has 5 heteroatoms. The van der Waals surface area contributed by atoms with Gasteiger partial charge in [-0.25, -0.2) is 0 Å². The molecule has 0 spiro atoms. The Morgan fingerprint density at radius 3 is 2.94 bits per heavy atom. The number of cyclic esters (lactones) is 1. The van der Waals surface area contributed by atoms with E-state index in [9.17, 15) is 9.59 Å². The lowest BCUT2D eigenvalue weighted by molar-refractivity contribution is -0.171. The largest absolute Gasteiger partial charge is 0.465 e. The van der Waals surface area contributed by atoms with Gasteiger partial charge in [-0.05, 0) is 12.8 Å². The van der Waals surface area contributed by atoms with Crippen molar-refractivity contribution in [1.29, 1.82) is 0 Å². The number of carbonyl (C=O) groups excluding carboxylic acids is 2. The quantitative estimate of drug-likeness (QED) is 0.429. The van der Waals surface area contributed by atoms with Gasteiger partial charge in [0.05, 0.1) is 17.9 Å². The highest BCUT2D eigenvalue weighted by Gasteiger charge is 2.58. The second-order valence-corrected chi connectivity index (χ2v) is 5.08. The highest BCUT2D eigenvalue weighted by molar-refractivity contribution is 5.87. The maximum atomic E-state index is 12.1. The second kappa shape index (κ2) is 4.72. The van der Waals surface area contributed by atoms with Gasteiger partial charge < -0.3 is 14.2 Å². The van der Waals surface area contributed by atoms with Crippen molar-refractivity contribution in [3.05, 3.63) is 12.2 Å². The van der Waals surface area contributed by atoms with Crippen LogP contribution in [0.25, 0.3) is 0 Å². The summed E-state index contributed by atoms with van der Waals surface area (Å²) in [5, 5.41) is 0. The van der Waals surface area contributed by atoms with E-state index in [0.29, 0.717) is 6.61 Å². The SMILES string of the molecule is COCOC(=O)[C@H]1[C@H](C)C=C[C@@H]2COC(=O)[C@]21C. The topological polar surface area (TPSA) is 61.8 Å². The molecule has 100 valence electrons. The zero-order valence-corrected chi connectivity index (χ0v) is 10.8. The van der Waals surface area contributed by atoms with Crippen LogP contribution < -0.4 is 0 Å². The molecule has 0 N–H and O–H groups in total. The summed E-state index contributed by atoms with van der Waals surface area (Å²) in [7, 11) is 1.45. The minimum Gasteiger partial charge on any atom is -0.465 e. The van der Waals surface area contributed by atoms with E-state index in [1.54, 1.807) is 6.92 Å². The van der Waals surface area contributed by atoms with Gasteiger partial charge in [0.25, 0.3) is 0 Å². The molecule has 0 aromatic carbocycles. The normalized spacial score (nSPS) is 38.2. The number of hydrogen-bond acceptors (Lipinski definition) is 5. The molecule has 0 amide bonds. The number of allylic oxidation sites excluding steroid dienone is 1. The van der Waals surface area contributed by atoms with Crippen LogP contribution in [-0.2, 0) is 23.8 Å². The highest BCUT2D eigenvalue weighted by atomic mass is 16.7. The molecular weight excluding hydrogens is 236 g/mol. The summed E-state index contributed by atoms with van der Waals surface area (Å²) in [5.74, 6) is -1.34. The van der Waals surface area contributed by atoms with Gasteiger partial charge in [-0.2, -0.15) is 0 Å². The van der Waals surface area contributed by atoms with Gasteiger partial charge in [0.15, 0.2) is 6.79 Å². The molecule has 1 aliphatic heterocycles. The number of esters is 2. The first-order chi connectivity index (χ1) is 8.51. The molecule has 18 heavy (non-hydrogen) atoms. The molecule has 0 saturated carbocycles. The van der Waals surface area contributed by atoms with Crippen molar-refractivity contribution in [1.82, 2.24) is 0 Å². The molecule has 0 radical (unpaired) electrons. The maximum absolute atomic E-state index is 12.1. The van der Waals surface area contributed by atoms with Crippen molar-refractivity contribution in [3.8, 4) is 0 Å². The van der Waals surface area contributed by atoms with E-state index in [1.807, 2.05) is 19.1 Å². The van der Waals surface area contributed by atoms with E-state index < -0.39 is 17.3 Å². The number of rotatable bonds is 3. The number of methoxy groups -OCH3 is 1. The van der Waals surface area contributed by atoms with E-state index in [-0.39, 0.29) is 24.6 Å². The Morgan fingerprint density at radius 1 is 1.56 bits per heavy atom. The predicted molar refractivity (Wildman–Crippen MR) is 62.3 cm³/mol. The van der Waals surface area contributed by atoms with Crippen LogP contribution in [0.2, 0.25) is 0 Å². The number of hydrogen-bond donors (Lipinski definition) is 0. The third-order valence-electron chi connectivity index (χ3n) is 4.00. The highest BCUT2D eigenvalue weighted by Crippen LogP contribution is 2.49. The Balaban J connectivity index is 2.28. The van der Waals surface area contributed by atoms with Crippen molar-refractivity contribution in [2.24, 2.45) is 23.2 Å². The van der Waals surface area contributed by atoms with Crippen LogP contribution in [-0.4, -0.2) is 32.4 Å². The molecule has 1 heterocycles. The Bertz CT molecular complexity index is 389. The number of fused-ring (bicyclic) bond motifs is 1. The van der Waals surface area contributed by atoms with E-state index in [0.717, 1.165) is 0 Å². The van der Waals surface area contributed by atoms with Crippen LogP contribution in [0.3, 0.4) is 0 Å². The van der Waals surface area contributed by atoms with E-state index in [4.69, 9.17) is 14.2 Å². The minimum atomic E-state index is -0.820. The fourth-order valence-corrected chi connectivity index (χ4v) is 2.89. The monoisotopic (exact) mass is 254 g/mol. The maximum Gasteiger partial charge on any atom is 0.313 e. The molecule has 0 aromatic rings. The molecule has 4 atom stereocenters. The zero-order valence-electron chi connectivity index (χ0n) is 10.8. The molecule has 0 bridgehead atoms. The average molecular weight is 254 g/mol. The summed E-state index contributed by atoms with van der Waals surface area (Å²) in [6, 6.07) is 0. The molecule has 0 unspecified atom stereocenters. The summed E-state index contributed by atoms with van der Waals surface area (Å²) in [4.78, 5) is 24.1. The molecule has 1 fully saturated rings. The first kappa shape index (κ1) is 13.1. The minimum absolute atomic E-state index is 0.0544. The van der Waals surface area contributed by atoms with Crippen molar-refractivity contribution >= 4 is 11.9 Å². The lowest BCUT2D eigenvalue weighted by Crippen LogP contribution is -2.47. The van der Waals surface area contributed by atoms with Crippen LogP contribution in [0.15, 0.2) is 12.2 Å². The van der Waals surface area contributed by atoms with Gasteiger partial charge in [0.2, 0.25) is 0 Å². The van der Waals surface area contributed by atoms with Gasteiger partial charge >= 0.3 is 11.9 Å². The second-order valence-electron chi connectivity index (χ2n) is 5.08. The first-order valence-electron chi connectivity index (χ1n) is 6.03. The van der Waals surface area contributed by atoms with Crippen LogP contribution in [0.1, 0.15) is 13.8 Å². The molecule has 1 aliphatic carbocycles. The molecule has 2 aliphatic rings. The molecule has 0 aromatic heterocycles. The van der Waals surface area contributed by atoms with Crippen molar-refractivity contribution in [2.45, 2.75) is 13.8 Å². The summed E-state index contributed by atoms with van der Waals surface area (Å²) in [6.45, 7) is 3.93. The fraction of sp³-hybridized carbons (Fsp3) is 0.692. The van der Waals surface area contributed by atoms with Crippen LogP contribution in [0, 0.1) is 23.2 Å². The molecule has 1 saturated heterocycles. The molecular formula is C13H18O5. The Kier molecular flexibility index (Phi) is 3.43. The third kappa shape index (κ3) is 1.82. The Morgan fingerprint density at radius 2 is 2.28 bits per heavy atom. The molecule has 5 nitrogen and oxygen atoms in total. The fourth-order valence-electron chi connectivity index (χ4n) is 2.89. The van der Waals surface area contributed by atoms with Crippen LogP contribution in [0.5, 0.6) is 0 Å². The van der Waals surface area contributed by atoms with Crippen molar-refractivity contribution in [2.75, 3.05) is 20.5 Å². The molecule has 2 rings (SSSR count). The van der Waals surface area contributed by atoms with Gasteiger partial charge in [-0.15, -0.1) is 0 Å². The van der Waals surface area contributed by atoms with E-state index in [2.05, 4.69) is 0 Å². The van der Waals surface area contributed by atoms with Crippen LogP contribution >= 0.6 is 0 Å².